The molecular weight excluding hydrogens is 226 g/mol. The third-order valence-electron chi connectivity index (χ3n) is 2.80. The van der Waals surface area contributed by atoms with E-state index in [1.807, 2.05) is 30.6 Å². The second-order valence-corrected chi connectivity index (χ2v) is 4.10. The second-order valence-electron chi connectivity index (χ2n) is 4.10. The van der Waals surface area contributed by atoms with E-state index in [9.17, 15) is 0 Å². The van der Waals surface area contributed by atoms with Crippen molar-refractivity contribution in [3.63, 3.8) is 0 Å². The van der Waals surface area contributed by atoms with Crippen molar-refractivity contribution in [2.75, 3.05) is 7.11 Å². The number of hydrogen-bond donors (Lipinski definition) is 1. The van der Waals surface area contributed by atoms with E-state index in [4.69, 9.17) is 4.74 Å². The third kappa shape index (κ3) is 3.28. The van der Waals surface area contributed by atoms with Gasteiger partial charge in [0.15, 0.2) is 0 Å². The zero-order valence-electron chi connectivity index (χ0n) is 10.6. The lowest BCUT2D eigenvalue weighted by molar-refractivity contribution is 0.397. The summed E-state index contributed by atoms with van der Waals surface area (Å²) in [4.78, 5) is 8.29. The highest BCUT2D eigenvalue weighted by atomic mass is 16.5. The Balaban J connectivity index is 1.91. The van der Waals surface area contributed by atoms with Gasteiger partial charge in [-0.25, -0.2) is 4.98 Å². The molecule has 0 saturated heterocycles. The molecule has 0 saturated carbocycles. The predicted molar refractivity (Wildman–Crippen MR) is 70.3 cm³/mol. The zero-order valence-corrected chi connectivity index (χ0v) is 10.6. The van der Waals surface area contributed by atoms with Crippen LogP contribution in [0.4, 0.5) is 0 Å². The summed E-state index contributed by atoms with van der Waals surface area (Å²) in [6.45, 7) is 2.89. The van der Waals surface area contributed by atoms with Crippen LogP contribution >= 0.6 is 0 Å². The molecule has 94 valence electrons. The second kappa shape index (κ2) is 6.12. The Morgan fingerprint density at radius 3 is 2.78 bits per heavy atom. The number of ether oxygens (including phenoxy) is 1. The monoisotopic (exact) mass is 243 g/mol. The quantitative estimate of drug-likeness (QED) is 0.875. The SMILES string of the molecule is COc1ccc(CNC(C)c2cccnc2)cn1. The Morgan fingerprint density at radius 2 is 2.17 bits per heavy atom. The number of methoxy groups -OCH3 is 1. The van der Waals surface area contributed by atoms with Crippen LogP contribution in [0.3, 0.4) is 0 Å². The molecule has 4 heteroatoms. The summed E-state index contributed by atoms with van der Waals surface area (Å²) >= 11 is 0. The van der Waals surface area contributed by atoms with Crippen molar-refractivity contribution in [1.82, 2.24) is 15.3 Å². The van der Waals surface area contributed by atoms with Gasteiger partial charge < -0.3 is 10.1 Å². The van der Waals surface area contributed by atoms with Gasteiger partial charge in [0.2, 0.25) is 5.88 Å². The van der Waals surface area contributed by atoms with E-state index in [1.165, 1.54) is 5.56 Å². The average Bonchev–Trinajstić information content (AvgIpc) is 2.46. The maximum Gasteiger partial charge on any atom is 0.212 e. The lowest BCUT2D eigenvalue weighted by Crippen LogP contribution is -2.18. The number of nitrogens with zero attached hydrogens (tertiary/aromatic N) is 2. The third-order valence-corrected chi connectivity index (χ3v) is 2.80. The van der Waals surface area contributed by atoms with Crippen molar-refractivity contribution in [2.24, 2.45) is 0 Å². The molecule has 2 rings (SSSR count). The number of aromatic nitrogens is 2. The minimum absolute atomic E-state index is 0.265. The van der Waals surface area contributed by atoms with Crippen LogP contribution in [-0.2, 0) is 6.54 Å². The molecule has 0 fully saturated rings. The minimum atomic E-state index is 0.265. The van der Waals surface area contributed by atoms with E-state index in [0.29, 0.717) is 5.88 Å². The van der Waals surface area contributed by atoms with Crippen LogP contribution < -0.4 is 10.1 Å². The Morgan fingerprint density at radius 1 is 1.28 bits per heavy atom. The van der Waals surface area contributed by atoms with Gasteiger partial charge in [-0.1, -0.05) is 12.1 Å². The molecule has 1 unspecified atom stereocenters. The smallest absolute Gasteiger partial charge is 0.212 e. The molecule has 0 aliphatic carbocycles. The van der Waals surface area contributed by atoms with Gasteiger partial charge in [-0.05, 0) is 24.1 Å². The van der Waals surface area contributed by atoms with Gasteiger partial charge >= 0.3 is 0 Å². The first kappa shape index (κ1) is 12.5. The van der Waals surface area contributed by atoms with Crippen molar-refractivity contribution in [2.45, 2.75) is 19.5 Å². The topological polar surface area (TPSA) is 47.0 Å². The van der Waals surface area contributed by atoms with Crippen LogP contribution in [0, 0.1) is 0 Å². The number of nitrogens with one attached hydrogen (secondary N) is 1. The molecule has 0 amide bonds. The van der Waals surface area contributed by atoms with Gasteiger partial charge in [0.05, 0.1) is 7.11 Å². The molecule has 0 aliphatic rings. The van der Waals surface area contributed by atoms with Crippen LogP contribution in [0.2, 0.25) is 0 Å². The molecule has 18 heavy (non-hydrogen) atoms. The summed E-state index contributed by atoms with van der Waals surface area (Å²) in [5.74, 6) is 0.638. The lowest BCUT2D eigenvalue weighted by Gasteiger charge is -2.13. The van der Waals surface area contributed by atoms with Gasteiger partial charge in [0, 0.05) is 37.2 Å². The number of hydrogen-bond acceptors (Lipinski definition) is 4. The predicted octanol–water partition coefficient (Wildman–Crippen LogP) is 2.34. The molecule has 0 aromatic carbocycles. The average molecular weight is 243 g/mol. The van der Waals surface area contributed by atoms with Crippen LogP contribution in [0.15, 0.2) is 42.9 Å². The Hall–Kier alpha value is -1.94. The van der Waals surface area contributed by atoms with Gasteiger partial charge in [0.1, 0.15) is 0 Å². The maximum atomic E-state index is 5.02. The molecular formula is C14H17N3O. The molecule has 0 aliphatic heterocycles. The van der Waals surface area contributed by atoms with Crippen LogP contribution in [-0.4, -0.2) is 17.1 Å². The molecule has 4 nitrogen and oxygen atoms in total. The summed E-state index contributed by atoms with van der Waals surface area (Å²) < 4.78 is 5.02. The van der Waals surface area contributed by atoms with E-state index >= 15 is 0 Å². The van der Waals surface area contributed by atoms with Crippen LogP contribution in [0.5, 0.6) is 5.88 Å². The van der Waals surface area contributed by atoms with Crippen molar-refractivity contribution in [1.29, 1.82) is 0 Å². The molecule has 2 aromatic heterocycles. The van der Waals surface area contributed by atoms with E-state index in [2.05, 4.69) is 28.3 Å². The van der Waals surface area contributed by atoms with Gasteiger partial charge in [-0.2, -0.15) is 0 Å². The summed E-state index contributed by atoms with van der Waals surface area (Å²) in [7, 11) is 1.62. The first-order valence-electron chi connectivity index (χ1n) is 5.92. The molecule has 2 aromatic rings. The molecule has 0 radical (unpaired) electrons. The van der Waals surface area contributed by atoms with Crippen molar-refractivity contribution < 1.29 is 4.74 Å². The Kier molecular flexibility index (Phi) is 4.25. The van der Waals surface area contributed by atoms with Gasteiger partial charge in [-0.3, -0.25) is 4.98 Å². The largest absolute Gasteiger partial charge is 0.481 e. The highest BCUT2D eigenvalue weighted by molar-refractivity contribution is 5.18. The van der Waals surface area contributed by atoms with E-state index in [0.717, 1.165) is 12.1 Å². The molecule has 1 N–H and O–H groups in total. The number of rotatable bonds is 5. The van der Waals surface area contributed by atoms with E-state index in [-0.39, 0.29) is 6.04 Å². The van der Waals surface area contributed by atoms with Crippen LogP contribution in [0.25, 0.3) is 0 Å². The molecule has 0 bridgehead atoms. The van der Waals surface area contributed by atoms with Crippen molar-refractivity contribution in [3.8, 4) is 5.88 Å². The molecule has 0 spiro atoms. The molecule has 1 atom stereocenters. The maximum absolute atomic E-state index is 5.02. The highest BCUT2D eigenvalue weighted by Crippen LogP contribution is 2.12. The summed E-state index contributed by atoms with van der Waals surface area (Å²) in [6, 6.07) is 8.15. The minimum Gasteiger partial charge on any atom is -0.481 e. The fourth-order valence-corrected chi connectivity index (χ4v) is 1.66. The normalized spacial score (nSPS) is 12.1. The first-order valence-corrected chi connectivity index (χ1v) is 5.92. The summed E-state index contributed by atoms with van der Waals surface area (Å²) in [5, 5.41) is 3.43. The standard InChI is InChI=1S/C14H17N3O/c1-11(13-4-3-7-15-10-13)16-8-12-5-6-14(18-2)17-9-12/h3-7,9-11,16H,8H2,1-2H3. The molecule has 2 heterocycles. The van der Waals surface area contributed by atoms with Crippen molar-refractivity contribution in [3.05, 3.63) is 54.0 Å². The fourth-order valence-electron chi connectivity index (χ4n) is 1.66. The van der Waals surface area contributed by atoms with Crippen LogP contribution in [0.1, 0.15) is 24.1 Å². The van der Waals surface area contributed by atoms with Gasteiger partial charge in [0.25, 0.3) is 0 Å². The van der Waals surface area contributed by atoms with Crippen molar-refractivity contribution >= 4 is 0 Å². The summed E-state index contributed by atoms with van der Waals surface area (Å²) in [6.07, 6.45) is 5.48. The zero-order chi connectivity index (χ0) is 12.8. The first-order chi connectivity index (χ1) is 8.79. The highest BCUT2D eigenvalue weighted by Gasteiger charge is 2.04. The fraction of sp³-hybridized carbons (Fsp3) is 0.286. The lowest BCUT2D eigenvalue weighted by atomic mass is 10.1. The summed E-state index contributed by atoms with van der Waals surface area (Å²) in [5.41, 5.74) is 2.31. The Bertz CT molecular complexity index is 470. The number of pyridine rings is 2. The van der Waals surface area contributed by atoms with Gasteiger partial charge in [-0.15, -0.1) is 0 Å². The Labute approximate surface area is 107 Å². The van der Waals surface area contributed by atoms with E-state index < -0.39 is 0 Å². The van der Waals surface area contributed by atoms with E-state index in [1.54, 1.807) is 13.3 Å².